The first-order chi connectivity index (χ1) is 25.4. The van der Waals surface area contributed by atoms with Crippen molar-refractivity contribution in [3.8, 4) is 23.0 Å². The van der Waals surface area contributed by atoms with Gasteiger partial charge in [-0.25, -0.2) is 0 Å². The van der Waals surface area contributed by atoms with Crippen LogP contribution in [0.4, 0.5) is 0 Å². The van der Waals surface area contributed by atoms with Crippen LogP contribution in [-0.4, -0.2) is 40.4 Å². The van der Waals surface area contributed by atoms with Crippen LogP contribution >= 0.6 is 0 Å². The SMILES string of the molecule is Oc1ccc2[nH]cc(C(c3ccc4ccc(C(c5c[nH]c6ccc(O)cc56)c5c[nH]c6ccc(O)cc56)cc4c3)c3c[nH]c4ccc(O)cc34)c2c1. The molecule has 6 aromatic carbocycles. The van der Waals surface area contributed by atoms with Gasteiger partial charge in [0.2, 0.25) is 0 Å². The second-order valence-electron chi connectivity index (χ2n) is 13.6. The van der Waals surface area contributed by atoms with Crippen LogP contribution in [0.3, 0.4) is 0 Å². The number of aromatic nitrogens is 4. The first-order valence-electron chi connectivity index (χ1n) is 17.1. The molecule has 0 aliphatic rings. The Kier molecular flexibility index (Phi) is 6.44. The standard InChI is InChI=1S/C44H32N4O4/c49-27-5-9-39-31(15-27)35(19-45-39)43(36-20-46-40-10-6-28(50)16-32(36)40)24-3-1-23-2-4-25(14-26(23)13-24)44(37-21-47-41-11-7-29(51)17-33(37)41)38-22-48-42-12-8-30(52)18-34(38)42/h1-22,43-52H. The van der Waals surface area contributed by atoms with Gasteiger partial charge in [0, 0.05) is 80.2 Å². The van der Waals surface area contributed by atoms with Crippen molar-refractivity contribution in [1.82, 2.24) is 19.9 Å². The van der Waals surface area contributed by atoms with E-state index in [2.05, 4.69) is 56.3 Å². The van der Waals surface area contributed by atoms with Crippen LogP contribution in [0.15, 0.2) is 134 Å². The van der Waals surface area contributed by atoms with Gasteiger partial charge in [-0.3, -0.25) is 0 Å². The molecule has 0 saturated carbocycles. The summed E-state index contributed by atoms with van der Waals surface area (Å²) in [5, 5.41) is 47.9. The molecule has 0 unspecified atom stereocenters. The Balaban J connectivity index is 1.20. The highest BCUT2D eigenvalue weighted by atomic mass is 16.3. The van der Waals surface area contributed by atoms with Crippen molar-refractivity contribution in [2.75, 3.05) is 0 Å². The first-order valence-corrected chi connectivity index (χ1v) is 17.1. The number of phenolic OH excluding ortho intramolecular Hbond substituents is 4. The van der Waals surface area contributed by atoms with Gasteiger partial charge in [0.05, 0.1) is 0 Å². The molecule has 0 amide bonds. The molecule has 4 aromatic heterocycles. The molecule has 0 fully saturated rings. The number of benzene rings is 6. The zero-order valence-electron chi connectivity index (χ0n) is 27.6. The van der Waals surface area contributed by atoms with Crippen LogP contribution < -0.4 is 0 Å². The van der Waals surface area contributed by atoms with Gasteiger partial charge in [0.15, 0.2) is 0 Å². The Morgan fingerprint density at radius 1 is 0.327 bits per heavy atom. The maximum atomic E-state index is 10.5. The van der Waals surface area contributed by atoms with Gasteiger partial charge < -0.3 is 40.4 Å². The number of nitrogens with one attached hydrogen (secondary N) is 4. The fourth-order valence-electron chi connectivity index (χ4n) is 8.17. The summed E-state index contributed by atoms with van der Waals surface area (Å²) in [6.45, 7) is 0. The van der Waals surface area contributed by atoms with Crippen molar-refractivity contribution in [3.05, 3.63) is 167 Å². The van der Waals surface area contributed by atoms with E-state index in [1.54, 1.807) is 48.5 Å². The van der Waals surface area contributed by atoms with Crippen molar-refractivity contribution < 1.29 is 20.4 Å². The van der Waals surface area contributed by atoms with Gasteiger partial charge in [-0.15, -0.1) is 0 Å². The van der Waals surface area contributed by atoms with E-state index in [0.29, 0.717) is 0 Å². The molecule has 0 saturated heterocycles. The van der Waals surface area contributed by atoms with Crippen LogP contribution in [0.1, 0.15) is 45.2 Å². The molecule has 10 aromatic rings. The van der Waals surface area contributed by atoms with Gasteiger partial charge in [0.25, 0.3) is 0 Å². The summed E-state index contributed by atoms with van der Waals surface area (Å²) in [4.78, 5) is 13.6. The maximum Gasteiger partial charge on any atom is 0.116 e. The van der Waals surface area contributed by atoms with E-state index in [-0.39, 0.29) is 34.8 Å². The smallest absolute Gasteiger partial charge is 0.116 e. The van der Waals surface area contributed by atoms with E-state index >= 15 is 0 Å². The van der Waals surface area contributed by atoms with Crippen LogP contribution in [0.25, 0.3) is 54.4 Å². The second kappa shape index (κ2) is 11.2. The van der Waals surface area contributed by atoms with E-state index in [1.165, 1.54) is 0 Å². The molecule has 0 atom stereocenters. The Bertz CT molecular complexity index is 2640. The Labute approximate surface area is 296 Å². The predicted molar refractivity (Wildman–Crippen MR) is 206 cm³/mol. The van der Waals surface area contributed by atoms with Crippen molar-refractivity contribution in [2.45, 2.75) is 11.8 Å². The zero-order chi connectivity index (χ0) is 35.1. The highest BCUT2D eigenvalue weighted by molar-refractivity contribution is 5.93. The fourth-order valence-corrected chi connectivity index (χ4v) is 8.17. The van der Waals surface area contributed by atoms with Gasteiger partial charge in [-0.05, 0) is 117 Å². The number of fused-ring (bicyclic) bond motifs is 5. The second-order valence-corrected chi connectivity index (χ2v) is 13.6. The van der Waals surface area contributed by atoms with Crippen molar-refractivity contribution >= 4 is 54.4 Å². The van der Waals surface area contributed by atoms with Crippen LogP contribution in [0, 0.1) is 0 Å². The Morgan fingerprint density at radius 2 is 0.635 bits per heavy atom. The van der Waals surface area contributed by atoms with Crippen LogP contribution in [-0.2, 0) is 0 Å². The molecule has 0 radical (unpaired) electrons. The lowest BCUT2D eigenvalue weighted by atomic mass is 9.82. The minimum Gasteiger partial charge on any atom is -0.508 e. The fraction of sp³-hybridized carbons (Fsp3) is 0.0455. The lowest BCUT2D eigenvalue weighted by Gasteiger charge is -2.20. The third-order valence-corrected chi connectivity index (χ3v) is 10.6. The topological polar surface area (TPSA) is 144 Å². The number of aromatic hydroxyl groups is 4. The third-order valence-electron chi connectivity index (χ3n) is 10.6. The highest BCUT2D eigenvalue weighted by Crippen LogP contribution is 2.44. The summed E-state index contributed by atoms with van der Waals surface area (Å²) in [5.41, 5.74) is 9.76. The van der Waals surface area contributed by atoms with Gasteiger partial charge in [0.1, 0.15) is 23.0 Å². The van der Waals surface area contributed by atoms with E-state index in [0.717, 1.165) is 87.8 Å². The molecule has 4 heterocycles. The number of hydrogen-bond donors (Lipinski definition) is 8. The van der Waals surface area contributed by atoms with E-state index in [4.69, 9.17) is 0 Å². The Morgan fingerprint density at radius 3 is 0.942 bits per heavy atom. The molecule has 8 heteroatoms. The molecule has 8 nitrogen and oxygen atoms in total. The molecule has 10 rings (SSSR count). The number of aromatic amines is 4. The van der Waals surface area contributed by atoms with Gasteiger partial charge >= 0.3 is 0 Å². The quantitative estimate of drug-likeness (QED) is 0.0884. The highest BCUT2D eigenvalue weighted by Gasteiger charge is 2.26. The molecule has 0 aliphatic carbocycles. The number of hydrogen-bond acceptors (Lipinski definition) is 4. The summed E-state index contributed by atoms with van der Waals surface area (Å²) in [7, 11) is 0. The van der Waals surface area contributed by atoms with Gasteiger partial charge in [-0.1, -0.05) is 36.4 Å². The predicted octanol–water partition coefficient (Wildman–Crippen LogP) is 9.95. The maximum absolute atomic E-state index is 10.5. The minimum absolute atomic E-state index is 0.189. The largest absolute Gasteiger partial charge is 0.508 e. The lowest BCUT2D eigenvalue weighted by molar-refractivity contribution is 0.475. The summed E-state index contributed by atoms with van der Waals surface area (Å²) in [6.07, 6.45) is 8.02. The number of phenols is 4. The summed E-state index contributed by atoms with van der Waals surface area (Å²) < 4.78 is 0. The van der Waals surface area contributed by atoms with Gasteiger partial charge in [-0.2, -0.15) is 0 Å². The summed E-state index contributed by atoms with van der Waals surface area (Å²) >= 11 is 0. The van der Waals surface area contributed by atoms with E-state index < -0.39 is 0 Å². The van der Waals surface area contributed by atoms with Crippen molar-refractivity contribution in [2.24, 2.45) is 0 Å². The molecular formula is C44H32N4O4. The zero-order valence-corrected chi connectivity index (χ0v) is 27.6. The van der Waals surface area contributed by atoms with Crippen molar-refractivity contribution in [1.29, 1.82) is 0 Å². The summed E-state index contributed by atoms with van der Waals surface area (Å²) in [5.74, 6) is 0.262. The minimum atomic E-state index is -0.247. The molecule has 252 valence electrons. The van der Waals surface area contributed by atoms with Crippen LogP contribution in [0.2, 0.25) is 0 Å². The molecule has 8 N–H and O–H groups in total. The third kappa shape index (κ3) is 4.69. The average molecular weight is 681 g/mol. The monoisotopic (exact) mass is 680 g/mol. The average Bonchev–Trinajstić information content (AvgIpc) is 3.95. The molecule has 0 bridgehead atoms. The van der Waals surface area contributed by atoms with Crippen LogP contribution in [0.5, 0.6) is 23.0 Å². The van der Waals surface area contributed by atoms with E-state index in [1.807, 2.05) is 49.1 Å². The number of H-pyrrole nitrogens is 4. The summed E-state index contributed by atoms with van der Waals surface area (Å²) in [6, 6.07) is 34.5. The normalized spacial score (nSPS) is 12.1. The van der Waals surface area contributed by atoms with E-state index in [9.17, 15) is 20.4 Å². The molecular weight excluding hydrogens is 649 g/mol. The molecule has 0 aliphatic heterocycles. The Hall–Kier alpha value is -7.06. The molecule has 0 spiro atoms. The molecule has 52 heavy (non-hydrogen) atoms. The number of rotatable bonds is 6. The first kappa shape index (κ1) is 29.8. The van der Waals surface area contributed by atoms with Crippen molar-refractivity contribution in [3.63, 3.8) is 0 Å². The lowest BCUT2D eigenvalue weighted by Crippen LogP contribution is -2.04.